The average Bonchev–Trinajstić information content (AvgIpc) is 3.56. The van der Waals surface area contributed by atoms with Crippen LogP contribution in [0.3, 0.4) is 0 Å². The summed E-state index contributed by atoms with van der Waals surface area (Å²) in [5, 5.41) is 15.9. The normalized spacial score (nSPS) is 15.1. The Bertz CT molecular complexity index is 1560. The topological polar surface area (TPSA) is 120 Å². The Balaban J connectivity index is 0.000000186. The summed E-state index contributed by atoms with van der Waals surface area (Å²) in [6.07, 6.45) is 0.835. The summed E-state index contributed by atoms with van der Waals surface area (Å²) in [4.78, 5) is 15.4. The highest BCUT2D eigenvalue weighted by Crippen LogP contribution is 2.23. The number of nitriles is 1. The second kappa shape index (κ2) is 12.2. The molecule has 0 bridgehead atoms. The molecule has 1 saturated heterocycles. The maximum absolute atomic E-state index is 12.4. The Hall–Kier alpha value is -3.75. The molecule has 38 heavy (non-hydrogen) atoms. The van der Waals surface area contributed by atoms with Crippen LogP contribution in [0.4, 0.5) is 0 Å². The third kappa shape index (κ3) is 6.96. The number of thiophene rings is 1. The van der Waals surface area contributed by atoms with Crippen LogP contribution in [-0.2, 0) is 28.0 Å². The first kappa shape index (κ1) is 27.3. The molecule has 0 saturated carbocycles. The second-order valence-electron chi connectivity index (χ2n) is 8.72. The van der Waals surface area contributed by atoms with E-state index in [-0.39, 0.29) is 16.8 Å². The average molecular weight is 550 g/mol. The lowest BCUT2D eigenvalue weighted by molar-refractivity contribution is -0.129. The highest BCUT2D eigenvalue weighted by atomic mass is 32.2. The number of hydrogen-bond acceptors (Lipinski definition) is 7. The molecule has 10 heteroatoms. The Labute approximate surface area is 225 Å². The van der Waals surface area contributed by atoms with Crippen LogP contribution in [0.25, 0.3) is 10.8 Å². The van der Waals surface area contributed by atoms with Gasteiger partial charge in [0.1, 0.15) is 5.75 Å². The van der Waals surface area contributed by atoms with Gasteiger partial charge in [-0.3, -0.25) is 9.35 Å². The first-order valence-electron chi connectivity index (χ1n) is 11.9. The van der Waals surface area contributed by atoms with Gasteiger partial charge in [0.25, 0.3) is 10.1 Å². The monoisotopic (exact) mass is 549 g/mol. The minimum absolute atomic E-state index is 0.0961. The number of carbonyl (C=O) groups excluding carboxylic acids is 1. The number of fused-ring (bicyclic) bond motifs is 1. The van der Waals surface area contributed by atoms with Crippen molar-refractivity contribution in [3.63, 3.8) is 0 Å². The molecule has 1 amide bonds. The number of hydrogen-bond donors (Lipinski definition) is 2. The van der Waals surface area contributed by atoms with Crippen molar-refractivity contribution >= 4 is 38.1 Å². The molecule has 4 aromatic rings. The molecule has 1 aliphatic rings. The summed E-state index contributed by atoms with van der Waals surface area (Å²) in [5.74, 6) is 0.791. The van der Waals surface area contributed by atoms with Crippen LogP contribution in [0.2, 0.25) is 0 Å². The number of benzene rings is 3. The molecule has 1 atom stereocenters. The Morgan fingerprint density at radius 3 is 2.63 bits per heavy atom. The maximum Gasteiger partial charge on any atom is 0.294 e. The lowest BCUT2D eigenvalue weighted by Gasteiger charge is -2.17. The molecule has 0 spiro atoms. The first-order chi connectivity index (χ1) is 18.3. The zero-order valence-electron chi connectivity index (χ0n) is 20.7. The third-order valence-electron chi connectivity index (χ3n) is 6.15. The molecule has 0 unspecified atom stereocenters. The first-order valence-corrected chi connectivity index (χ1v) is 14.2. The van der Waals surface area contributed by atoms with Crippen LogP contribution in [0, 0.1) is 11.3 Å². The molecule has 3 aromatic carbocycles. The summed E-state index contributed by atoms with van der Waals surface area (Å²) in [7, 11) is -2.62. The van der Waals surface area contributed by atoms with Gasteiger partial charge >= 0.3 is 0 Å². The highest BCUT2D eigenvalue weighted by Gasteiger charge is 2.31. The zero-order valence-corrected chi connectivity index (χ0v) is 22.3. The summed E-state index contributed by atoms with van der Waals surface area (Å²) in [5.41, 5.74) is 1.64. The van der Waals surface area contributed by atoms with Crippen molar-refractivity contribution in [2.24, 2.45) is 0 Å². The van der Waals surface area contributed by atoms with E-state index in [0.29, 0.717) is 23.2 Å². The molecule has 1 aromatic heterocycles. The van der Waals surface area contributed by atoms with E-state index in [2.05, 4.69) is 17.5 Å². The van der Waals surface area contributed by atoms with Crippen molar-refractivity contribution in [2.75, 3.05) is 13.7 Å². The smallest absolute Gasteiger partial charge is 0.294 e. The standard InChI is InChI=1S/C17H17N3OS.C11H10O4S/c18-10-13-3-1-4-14(9-13)12-20-7-6-16(17(20)21)19-11-15-5-2-8-22-15;1-15-10-4-2-8-3-5-11(16(12,13)14)7-9(8)6-10/h1-5,8-9,16,19H,6-7,11-12H2;2-7H,1H3,(H,12,13,14)/t16-;/m0./s1. The fourth-order valence-electron chi connectivity index (χ4n) is 4.17. The Morgan fingerprint density at radius 2 is 1.92 bits per heavy atom. The van der Waals surface area contributed by atoms with E-state index in [1.165, 1.54) is 24.1 Å². The van der Waals surface area contributed by atoms with Crippen molar-refractivity contribution in [1.82, 2.24) is 10.2 Å². The van der Waals surface area contributed by atoms with Crippen LogP contribution in [-0.4, -0.2) is 43.5 Å². The Kier molecular flexibility index (Phi) is 8.76. The van der Waals surface area contributed by atoms with Gasteiger partial charge in [-0.15, -0.1) is 11.3 Å². The largest absolute Gasteiger partial charge is 0.497 e. The molecule has 8 nitrogen and oxygen atoms in total. The van der Waals surface area contributed by atoms with Crippen LogP contribution < -0.4 is 10.1 Å². The van der Waals surface area contributed by atoms with Crippen LogP contribution >= 0.6 is 11.3 Å². The predicted octanol–water partition coefficient (Wildman–Crippen LogP) is 4.61. The summed E-state index contributed by atoms with van der Waals surface area (Å²) >= 11 is 1.70. The second-order valence-corrected chi connectivity index (χ2v) is 11.2. The minimum atomic E-state index is -4.15. The van der Waals surface area contributed by atoms with E-state index in [1.807, 2.05) is 40.6 Å². The maximum atomic E-state index is 12.4. The van der Waals surface area contributed by atoms with Gasteiger partial charge < -0.3 is 15.0 Å². The number of nitrogens with one attached hydrogen (secondary N) is 1. The van der Waals surface area contributed by atoms with Gasteiger partial charge in [-0.1, -0.05) is 30.3 Å². The van der Waals surface area contributed by atoms with Crippen LogP contribution in [0.1, 0.15) is 22.4 Å². The third-order valence-corrected chi connectivity index (χ3v) is 7.87. The van der Waals surface area contributed by atoms with Gasteiger partial charge in [0, 0.05) is 24.5 Å². The predicted molar refractivity (Wildman–Crippen MR) is 146 cm³/mol. The van der Waals surface area contributed by atoms with E-state index in [9.17, 15) is 13.2 Å². The van der Waals surface area contributed by atoms with Crippen molar-refractivity contribution in [3.05, 3.63) is 94.2 Å². The van der Waals surface area contributed by atoms with Crippen molar-refractivity contribution in [2.45, 2.75) is 30.4 Å². The van der Waals surface area contributed by atoms with Gasteiger partial charge in [-0.25, -0.2) is 0 Å². The fourth-order valence-corrected chi connectivity index (χ4v) is 5.34. The highest BCUT2D eigenvalue weighted by molar-refractivity contribution is 7.85. The van der Waals surface area contributed by atoms with Crippen molar-refractivity contribution in [3.8, 4) is 11.8 Å². The number of nitrogens with zero attached hydrogens (tertiary/aromatic N) is 2. The van der Waals surface area contributed by atoms with E-state index >= 15 is 0 Å². The number of methoxy groups -OCH3 is 1. The van der Waals surface area contributed by atoms with Gasteiger partial charge in [0.05, 0.1) is 29.7 Å². The summed E-state index contributed by atoms with van der Waals surface area (Å²) in [6.45, 7) is 2.08. The van der Waals surface area contributed by atoms with E-state index in [0.717, 1.165) is 30.5 Å². The number of carbonyl (C=O) groups is 1. The van der Waals surface area contributed by atoms with E-state index in [4.69, 9.17) is 14.6 Å². The quantitative estimate of drug-likeness (QED) is 0.323. The molecular formula is C28H27N3O5S2. The zero-order chi connectivity index (χ0) is 27.1. The SMILES string of the molecule is COc1ccc2ccc(S(=O)(=O)O)cc2c1.N#Cc1cccc(CN2CC[C@H](NCc3cccs3)C2=O)c1. The lowest BCUT2D eigenvalue weighted by atomic mass is 10.1. The van der Waals surface area contributed by atoms with Gasteiger partial charge in [0.15, 0.2) is 0 Å². The minimum Gasteiger partial charge on any atom is -0.497 e. The van der Waals surface area contributed by atoms with Gasteiger partial charge in [-0.05, 0) is 70.6 Å². The summed E-state index contributed by atoms with van der Waals surface area (Å²) < 4.78 is 35.9. The molecule has 196 valence electrons. The molecule has 2 heterocycles. The van der Waals surface area contributed by atoms with Gasteiger partial charge in [0.2, 0.25) is 5.91 Å². The molecule has 0 radical (unpaired) electrons. The van der Waals surface area contributed by atoms with Crippen LogP contribution in [0.5, 0.6) is 5.75 Å². The molecular weight excluding hydrogens is 522 g/mol. The number of amides is 1. The number of likely N-dealkylation sites (tertiary alicyclic amines) is 1. The van der Waals surface area contributed by atoms with Gasteiger partial charge in [-0.2, -0.15) is 13.7 Å². The Morgan fingerprint density at radius 1 is 1.11 bits per heavy atom. The molecule has 0 aliphatic carbocycles. The van der Waals surface area contributed by atoms with E-state index in [1.54, 1.807) is 35.6 Å². The molecule has 5 rings (SSSR count). The summed E-state index contributed by atoms with van der Waals surface area (Å²) in [6, 6.07) is 23.3. The molecule has 1 fully saturated rings. The number of rotatable bonds is 7. The van der Waals surface area contributed by atoms with Crippen molar-refractivity contribution in [1.29, 1.82) is 5.26 Å². The molecule has 1 aliphatic heterocycles. The van der Waals surface area contributed by atoms with Crippen molar-refractivity contribution < 1.29 is 22.5 Å². The molecule has 2 N–H and O–H groups in total. The fraction of sp³-hybridized carbons (Fsp3) is 0.214. The lowest BCUT2D eigenvalue weighted by Crippen LogP contribution is -2.37. The van der Waals surface area contributed by atoms with E-state index < -0.39 is 10.1 Å². The number of ether oxygens (including phenoxy) is 1. The van der Waals surface area contributed by atoms with Crippen LogP contribution in [0.15, 0.2) is 83.1 Å².